The van der Waals surface area contributed by atoms with Crippen LogP contribution in [0.3, 0.4) is 0 Å². The van der Waals surface area contributed by atoms with Crippen molar-refractivity contribution in [3.05, 3.63) is 65.1 Å². The predicted molar refractivity (Wildman–Crippen MR) is 96.3 cm³/mol. The lowest BCUT2D eigenvalue weighted by Gasteiger charge is -2.08. The summed E-state index contributed by atoms with van der Waals surface area (Å²) < 4.78 is 8.03. The van der Waals surface area contributed by atoms with Gasteiger partial charge in [-0.05, 0) is 26.0 Å². The van der Waals surface area contributed by atoms with Crippen LogP contribution < -0.4 is 0 Å². The fourth-order valence-electron chi connectivity index (χ4n) is 2.06. The standard InChI is InChI=1S/C18H17NOS2/c1-3-20-16(14-10-8-13(2)9-11-14)12-21-18-19-15-6-4-5-7-17(15)22-18/h4-12H,3H2,1-2H3. The molecule has 1 heterocycles. The number of benzene rings is 2. The number of thioether (sulfide) groups is 1. The number of fused-ring (bicyclic) bond motifs is 1. The maximum Gasteiger partial charge on any atom is 0.155 e. The van der Waals surface area contributed by atoms with Gasteiger partial charge in [0, 0.05) is 11.0 Å². The lowest BCUT2D eigenvalue weighted by Crippen LogP contribution is -1.91. The zero-order valence-electron chi connectivity index (χ0n) is 12.6. The Morgan fingerprint density at radius 3 is 2.68 bits per heavy atom. The molecule has 0 fully saturated rings. The molecule has 0 spiro atoms. The molecular weight excluding hydrogens is 310 g/mol. The molecule has 0 unspecified atom stereocenters. The van der Waals surface area contributed by atoms with E-state index in [2.05, 4.69) is 42.2 Å². The molecule has 0 aliphatic carbocycles. The Kier molecular flexibility index (Phi) is 4.80. The number of hydrogen-bond donors (Lipinski definition) is 0. The second kappa shape index (κ2) is 6.99. The van der Waals surface area contributed by atoms with Crippen LogP contribution in [0.2, 0.25) is 0 Å². The van der Waals surface area contributed by atoms with Gasteiger partial charge in [-0.3, -0.25) is 0 Å². The zero-order chi connectivity index (χ0) is 15.4. The van der Waals surface area contributed by atoms with Gasteiger partial charge in [-0.1, -0.05) is 53.7 Å². The van der Waals surface area contributed by atoms with Crippen molar-refractivity contribution < 1.29 is 4.74 Å². The highest BCUT2D eigenvalue weighted by molar-refractivity contribution is 8.04. The third-order valence-electron chi connectivity index (χ3n) is 3.18. The second-order valence-corrected chi connectivity index (χ2v) is 6.99. The Hall–Kier alpha value is -1.78. The Bertz CT molecular complexity index is 757. The van der Waals surface area contributed by atoms with Crippen LogP contribution in [0.5, 0.6) is 0 Å². The van der Waals surface area contributed by atoms with Crippen LogP contribution in [0.1, 0.15) is 18.1 Å². The van der Waals surface area contributed by atoms with Gasteiger partial charge in [-0.2, -0.15) is 0 Å². The van der Waals surface area contributed by atoms with Crippen molar-refractivity contribution in [3.8, 4) is 0 Å². The number of aromatic nitrogens is 1. The molecule has 0 bridgehead atoms. The van der Waals surface area contributed by atoms with E-state index < -0.39 is 0 Å². The molecule has 112 valence electrons. The smallest absolute Gasteiger partial charge is 0.155 e. The number of nitrogens with zero attached hydrogens (tertiary/aromatic N) is 1. The van der Waals surface area contributed by atoms with Crippen molar-refractivity contribution in [1.29, 1.82) is 0 Å². The molecule has 0 aliphatic rings. The van der Waals surface area contributed by atoms with Gasteiger partial charge in [0.15, 0.2) is 4.34 Å². The minimum absolute atomic E-state index is 0.653. The van der Waals surface area contributed by atoms with Gasteiger partial charge in [-0.15, -0.1) is 11.3 Å². The molecule has 0 radical (unpaired) electrons. The maximum absolute atomic E-state index is 5.78. The molecule has 0 atom stereocenters. The summed E-state index contributed by atoms with van der Waals surface area (Å²) in [5.41, 5.74) is 3.40. The van der Waals surface area contributed by atoms with Crippen LogP contribution in [0.4, 0.5) is 0 Å². The maximum atomic E-state index is 5.78. The van der Waals surface area contributed by atoms with E-state index in [1.54, 1.807) is 23.1 Å². The van der Waals surface area contributed by atoms with Gasteiger partial charge in [0.1, 0.15) is 5.76 Å². The van der Waals surface area contributed by atoms with Gasteiger partial charge in [0.2, 0.25) is 0 Å². The average molecular weight is 327 g/mol. The van der Waals surface area contributed by atoms with Gasteiger partial charge in [-0.25, -0.2) is 4.98 Å². The average Bonchev–Trinajstić information content (AvgIpc) is 2.95. The predicted octanol–water partition coefficient (Wildman–Crippen LogP) is 5.73. The zero-order valence-corrected chi connectivity index (χ0v) is 14.2. The SMILES string of the molecule is CCOC(=CSc1nc2ccccc2s1)c1ccc(C)cc1. The van der Waals surface area contributed by atoms with Crippen LogP contribution in [0, 0.1) is 6.92 Å². The fraction of sp³-hybridized carbons (Fsp3) is 0.167. The third kappa shape index (κ3) is 3.51. The van der Waals surface area contributed by atoms with Crippen molar-refractivity contribution >= 4 is 39.1 Å². The summed E-state index contributed by atoms with van der Waals surface area (Å²) in [7, 11) is 0. The van der Waals surface area contributed by atoms with Crippen molar-refractivity contribution in [3.63, 3.8) is 0 Å². The highest BCUT2D eigenvalue weighted by atomic mass is 32.2. The number of rotatable bonds is 5. The first-order valence-electron chi connectivity index (χ1n) is 7.18. The molecule has 0 N–H and O–H groups in total. The molecule has 0 aliphatic heterocycles. The summed E-state index contributed by atoms with van der Waals surface area (Å²) in [5.74, 6) is 0.895. The third-order valence-corrected chi connectivity index (χ3v) is 5.17. The molecule has 0 saturated carbocycles. The van der Waals surface area contributed by atoms with Crippen LogP contribution in [-0.4, -0.2) is 11.6 Å². The minimum atomic E-state index is 0.653. The highest BCUT2D eigenvalue weighted by Crippen LogP contribution is 2.32. The second-order valence-electron chi connectivity index (χ2n) is 4.85. The van der Waals surface area contributed by atoms with Crippen LogP contribution in [-0.2, 0) is 4.74 Å². The van der Waals surface area contributed by atoms with Crippen molar-refractivity contribution in [1.82, 2.24) is 4.98 Å². The van der Waals surface area contributed by atoms with E-state index >= 15 is 0 Å². The quantitative estimate of drug-likeness (QED) is 0.441. The van der Waals surface area contributed by atoms with Gasteiger partial charge >= 0.3 is 0 Å². The van der Waals surface area contributed by atoms with Crippen LogP contribution in [0.15, 0.2) is 58.3 Å². The van der Waals surface area contributed by atoms with E-state index in [1.807, 2.05) is 30.5 Å². The lowest BCUT2D eigenvalue weighted by molar-refractivity contribution is 0.298. The molecule has 1 aromatic heterocycles. The Balaban J connectivity index is 1.84. The van der Waals surface area contributed by atoms with Crippen molar-refractivity contribution in [2.24, 2.45) is 0 Å². The highest BCUT2D eigenvalue weighted by Gasteiger charge is 2.06. The van der Waals surface area contributed by atoms with E-state index in [4.69, 9.17) is 4.74 Å². The largest absolute Gasteiger partial charge is 0.493 e. The molecule has 0 saturated heterocycles. The first-order valence-corrected chi connectivity index (χ1v) is 8.88. The Labute approximate surface area is 138 Å². The molecule has 22 heavy (non-hydrogen) atoms. The lowest BCUT2D eigenvalue weighted by atomic mass is 10.1. The Morgan fingerprint density at radius 1 is 1.18 bits per heavy atom. The number of hydrogen-bond acceptors (Lipinski definition) is 4. The Morgan fingerprint density at radius 2 is 1.95 bits per heavy atom. The summed E-state index contributed by atoms with van der Waals surface area (Å²) in [6, 6.07) is 16.6. The number of ether oxygens (including phenoxy) is 1. The topological polar surface area (TPSA) is 22.1 Å². The van der Waals surface area contributed by atoms with E-state index in [0.717, 1.165) is 21.2 Å². The van der Waals surface area contributed by atoms with Crippen LogP contribution in [0.25, 0.3) is 16.0 Å². The van der Waals surface area contributed by atoms with Gasteiger partial charge < -0.3 is 4.74 Å². The molecule has 3 rings (SSSR count). The minimum Gasteiger partial charge on any atom is -0.493 e. The van der Waals surface area contributed by atoms with E-state index in [9.17, 15) is 0 Å². The summed E-state index contributed by atoms with van der Waals surface area (Å²) >= 11 is 3.32. The van der Waals surface area contributed by atoms with Crippen molar-refractivity contribution in [2.75, 3.05) is 6.61 Å². The molecular formula is C18H17NOS2. The summed E-state index contributed by atoms with van der Waals surface area (Å²) in [6.07, 6.45) is 0. The normalized spacial score (nSPS) is 11.8. The molecule has 3 aromatic rings. The van der Waals surface area contributed by atoms with E-state index in [-0.39, 0.29) is 0 Å². The van der Waals surface area contributed by atoms with E-state index in [1.165, 1.54) is 10.3 Å². The molecule has 4 heteroatoms. The van der Waals surface area contributed by atoms with Gasteiger partial charge in [0.05, 0.1) is 16.8 Å². The van der Waals surface area contributed by atoms with E-state index in [0.29, 0.717) is 6.61 Å². The first-order chi connectivity index (χ1) is 10.8. The molecule has 0 amide bonds. The fourth-order valence-corrected chi connectivity index (χ4v) is 3.93. The molecule has 2 nitrogen and oxygen atoms in total. The summed E-state index contributed by atoms with van der Waals surface area (Å²) in [5, 5.41) is 2.05. The molecule has 2 aromatic carbocycles. The van der Waals surface area contributed by atoms with Crippen LogP contribution >= 0.6 is 23.1 Å². The number of aryl methyl sites for hydroxylation is 1. The summed E-state index contributed by atoms with van der Waals surface area (Å²) in [6.45, 7) is 4.74. The number of thiazole rings is 1. The monoisotopic (exact) mass is 327 g/mol. The first kappa shape index (κ1) is 15.1. The number of para-hydroxylation sites is 1. The van der Waals surface area contributed by atoms with Gasteiger partial charge in [0.25, 0.3) is 0 Å². The summed E-state index contributed by atoms with van der Waals surface area (Å²) in [4.78, 5) is 4.63. The van der Waals surface area contributed by atoms with Crippen molar-refractivity contribution in [2.45, 2.75) is 18.2 Å².